The van der Waals surface area contributed by atoms with Gasteiger partial charge in [0.1, 0.15) is 5.75 Å². The second-order valence-corrected chi connectivity index (χ2v) is 6.94. The Morgan fingerprint density at radius 2 is 1.96 bits per heavy atom. The molecule has 0 spiro atoms. The number of ether oxygens (including phenoxy) is 1. The van der Waals surface area contributed by atoms with Crippen molar-refractivity contribution in [2.75, 3.05) is 11.9 Å². The molecule has 3 rings (SSSR count). The van der Waals surface area contributed by atoms with Crippen LogP contribution in [0, 0.1) is 0 Å². The van der Waals surface area contributed by atoms with Gasteiger partial charge >= 0.3 is 0 Å². The minimum atomic E-state index is -0.0781. The van der Waals surface area contributed by atoms with Crippen LogP contribution < -0.4 is 10.1 Å². The molecule has 23 heavy (non-hydrogen) atoms. The van der Waals surface area contributed by atoms with E-state index in [0.29, 0.717) is 12.5 Å². The molecule has 0 saturated heterocycles. The Morgan fingerprint density at radius 1 is 1.26 bits per heavy atom. The molecule has 2 aromatic carbocycles. The van der Waals surface area contributed by atoms with Crippen molar-refractivity contribution < 1.29 is 9.53 Å². The number of halogens is 1. The van der Waals surface area contributed by atoms with Crippen LogP contribution in [0.25, 0.3) is 11.1 Å². The summed E-state index contributed by atoms with van der Waals surface area (Å²) in [6.07, 6.45) is 0.848. The van der Waals surface area contributed by atoms with Gasteiger partial charge in [-0.1, -0.05) is 38.1 Å². The maximum Gasteiger partial charge on any atom is 0.221 e. The molecule has 1 aliphatic heterocycles. The van der Waals surface area contributed by atoms with Gasteiger partial charge in [-0.3, -0.25) is 4.79 Å². The highest BCUT2D eigenvalue weighted by Gasteiger charge is 2.23. The largest absolute Gasteiger partial charge is 0.492 e. The number of amides is 1. The molecule has 4 heteroatoms. The molecule has 3 nitrogen and oxygen atoms in total. The fourth-order valence-electron chi connectivity index (χ4n) is 2.88. The van der Waals surface area contributed by atoms with Crippen LogP contribution in [-0.4, -0.2) is 12.5 Å². The Labute approximate surface area is 145 Å². The Bertz CT molecular complexity index is 751. The van der Waals surface area contributed by atoms with Gasteiger partial charge in [-0.2, -0.15) is 0 Å². The molecule has 0 saturated carbocycles. The minimum Gasteiger partial charge on any atom is -0.492 e. The minimum absolute atomic E-state index is 0.0781. The SMILES string of the molecule is CC(=O)Nc1cc(-c2ccc(C(C)C)cc2)c2c(c1Br)CCO2. The smallest absolute Gasteiger partial charge is 0.221 e. The molecule has 1 N–H and O–H groups in total. The highest BCUT2D eigenvalue weighted by atomic mass is 79.9. The van der Waals surface area contributed by atoms with Crippen LogP contribution in [0.3, 0.4) is 0 Å². The van der Waals surface area contributed by atoms with Crippen molar-refractivity contribution in [1.82, 2.24) is 0 Å². The van der Waals surface area contributed by atoms with Crippen molar-refractivity contribution in [3.8, 4) is 16.9 Å². The number of hydrogen-bond donors (Lipinski definition) is 1. The lowest BCUT2D eigenvalue weighted by Gasteiger charge is -2.15. The summed E-state index contributed by atoms with van der Waals surface area (Å²) < 4.78 is 6.78. The van der Waals surface area contributed by atoms with Crippen molar-refractivity contribution in [3.63, 3.8) is 0 Å². The predicted octanol–water partition coefficient (Wildman–Crippen LogP) is 5.13. The van der Waals surface area contributed by atoms with Crippen LogP contribution in [-0.2, 0) is 11.2 Å². The molecular formula is C19H20BrNO2. The number of carbonyl (C=O) groups is 1. The van der Waals surface area contributed by atoms with E-state index in [-0.39, 0.29) is 5.91 Å². The molecule has 0 fully saturated rings. The third-order valence-corrected chi connectivity index (χ3v) is 5.01. The van der Waals surface area contributed by atoms with Gasteiger partial charge in [0.25, 0.3) is 0 Å². The highest BCUT2D eigenvalue weighted by molar-refractivity contribution is 9.10. The van der Waals surface area contributed by atoms with Crippen LogP contribution in [0.1, 0.15) is 37.8 Å². The second kappa shape index (κ2) is 6.36. The topological polar surface area (TPSA) is 38.3 Å². The lowest BCUT2D eigenvalue weighted by Crippen LogP contribution is -2.07. The van der Waals surface area contributed by atoms with Crippen LogP contribution in [0.15, 0.2) is 34.8 Å². The van der Waals surface area contributed by atoms with Crippen molar-refractivity contribution >= 4 is 27.5 Å². The van der Waals surface area contributed by atoms with E-state index in [9.17, 15) is 4.79 Å². The zero-order valence-electron chi connectivity index (χ0n) is 13.6. The van der Waals surface area contributed by atoms with Gasteiger partial charge in [0.15, 0.2) is 0 Å². The van der Waals surface area contributed by atoms with Crippen molar-refractivity contribution in [2.24, 2.45) is 0 Å². The standard InChI is InChI=1S/C19H20BrNO2/c1-11(2)13-4-6-14(7-5-13)16-10-17(21-12(3)22)18(20)15-8-9-23-19(15)16/h4-7,10-11H,8-9H2,1-3H3,(H,21,22). The monoisotopic (exact) mass is 373 g/mol. The molecule has 1 heterocycles. The van der Waals surface area contributed by atoms with Gasteiger partial charge in [-0.15, -0.1) is 0 Å². The first kappa shape index (κ1) is 16.1. The second-order valence-electron chi connectivity index (χ2n) is 6.15. The van der Waals surface area contributed by atoms with Gasteiger partial charge in [-0.05, 0) is 39.0 Å². The van der Waals surface area contributed by atoms with Crippen molar-refractivity contribution in [2.45, 2.75) is 33.1 Å². The Morgan fingerprint density at radius 3 is 2.57 bits per heavy atom. The fourth-order valence-corrected chi connectivity index (χ4v) is 3.48. The van der Waals surface area contributed by atoms with E-state index in [1.54, 1.807) is 0 Å². The number of anilines is 1. The van der Waals surface area contributed by atoms with Crippen LogP contribution in [0.4, 0.5) is 5.69 Å². The molecule has 1 amide bonds. The maximum absolute atomic E-state index is 11.5. The summed E-state index contributed by atoms with van der Waals surface area (Å²) in [6, 6.07) is 10.5. The molecule has 0 atom stereocenters. The summed E-state index contributed by atoms with van der Waals surface area (Å²) in [5.74, 6) is 1.35. The van der Waals surface area contributed by atoms with Crippen LogP contribution in [0.2, 0.25) is 0 Å². The number of hydrogen-bond acceptors (Lipinski definition) is 2. The van der Waals surface area contributed by atoms with E-state index in [1.165, 1.54) is 12.5 Å². The van der Waals surface area contributed by atoms with E-state index >= 15 is 0 Å². The molecule has 0 aliphatic carbocycles. The summed E-state index contributed by atoms with van der Waals surface area (Å²) in [5.41, 5.74) is 5.36. The lowest BCUT2D eigenvalue weighted by atomic mass is 9.96. The molecule has 0 unspecified atom stereocenters. The molecular weight excluding hydrogens is 354 g/mol. The summed E-state index contributed by atoms with van der Waals surface area (Å²) in [4.78, 5) is 11.5. The number of carbonyl (C=O) groups excluding carboxylic acids is 1. The average Bonchev–Trinajstić information content (AvgIpc) is 2.99. The molecule has 120 valence electrons. The quantitative estimate of drug-likeness (QED) is 0.809. The number of nitrogens with one attached hydrogen (secondary N) is 1. The van der Waals surface area contributed by atoms with Gasteiger partial charge < -0.3 is 10.1 Å². The number of benzene rings is 2. The molecule has 0 aromatic heterocycles. The highest BCUT2D eigenvalue weighted by Crippen LogP contribution is 2.45. The van der Waals surface area contributed by atoms with Gasteiger partial charge in [0, 0.05) is 28.9 Å². The van der Waals surface area contributed by atoms with Gasteiger partial charge in [0.2, 0.25) is 5.91 Å². The van der Waals surface area contributed by atoms with E-state index in [2.05, 4.69) is 59.4 Å². The molecule has 1 aliphatic rings. The number of rotatable bonds is 3. The zero-order chi connectivity index (χ0) is 16.6. The van der Waals surface area contributed by atoms with E-state index < -0.39 is 0 Å². The predicted molar refractivity (Wildman–Crippen MR) is 97.2 cm³/mol. The third-order valence-electron chi connectivity index (χ3n) is 4.11. The zero-order valence-corrected chi connectivity index (χ0v) is 15.2. The molecule has 0 bridgehead atoms. The van der Waals surface area contributed by atoms with E-state index in [0.717, 1.165) is 39.0 Å². The summed E-state index contributed by atoms with van der Waals surface area (Å²) in [5, 5.41) is 2.90. The van der Waals surface area contributed by atoms with E-state index in [1.807, 2.05) is 6.07 Å². The first-order valence-corrected chi connectivity index (χ1v) is 8.62. The Balaban J connectivity index is 2.11. The van der Waals surface area contributed by atoms with Gasteiger partial charge in [0.05, 0.1) is 12.3 Å². The Hall–Kier alpha value is -1.81. The molecule has 0 radical (unpaired) electrons. The third kappa shape index (κ3) is 3.13. The van der Waals surface area contributed by atoms with Gasteiger partial charge in [-0.25, -0.2) is 0 Å². The average molecular weight is 374 g/mol. The lowest BCUT2D eigenvalue weighted by molar-refractivity contribution is -0.114. The summed E-state index contributed by atoms with van der Waals surface area (Å²) in [6.45, 7) is 6.57. The fraction of sp³-hybridized carbons (Fsp3) is 0.316. The summed E-state index contributed by atoms with van der Waals surface area (Å²) in [7, 11) is 0. The first-order chi connectivity index (χ1) is 11.0. The van der Waals surface area contributed by atoms with Crippen molar-refractivity contribution in [3.05, 3.63) is 45.9 Å². The van der Waals surface area contributed by atoms with Crippen LogP contribution in [0.5, 0.6) is 5.75 Å². The van der Waals surface area contributed by atoms with Crippen molar-refractivity contribution in [1.29, 1.82) is 0 Å². The maximum atomic E-state index is 11.5. The molecule has 2 aromatic rings. The van der Waals surface area contributed by atoms with Crippen LogP contribution >= 0.6 is 15.9 Å². The number of fused-ring (bicyclic) bond motifs is 1. The Kier molecular flexibility index (Phi) is 4.44. The normalized spacial score (nSPS) is 12.9. The first-order valence-electron chi connectivity index (χ1n) is 7.83. The van der Waals surface area contributed by atoms with E-state index in [4.69, 9.17) is 4.74 Å². The summed E-state index contributed by atoms with van der Waals surface area (Å²) >= 11 is 3.60.